The van der Waals surface area contributed by atoms with Crippen LogP contribution in [0.1, 0.15) is 23.0 Å². The number of carboxylic acid groups (broad SMARTS) is 1. The second-order valence-corrected chi connectivity index (χ2v) is 3.89. The van der Waals surface area contributed by atoms with E-state index >= 15 is 0 Å². The molecule has 0 radical (unpaired) electrons. The lowest BCUT2D eigenvalue weighted by Gasteiger charge is -2.07. The first-order chi connectivity index (χ1) is 7.02. The predicted molar refractivity (Wildman–Crippen MR) is 56.0 cm³/mol. The summed E-state index contributed by atoms with van der Waals surface area (Å²) >= 11 is 1.21. The topological polar surface area (TPSA) is 79.3 Å². The van der Waals surface area contributed by atoms with Crippen LogP contribution in [0.5, 0.6) is 0 Å². The van der Waals surface area contributed by atoms with Crippen molar-refractivity contribution in [2.45, 2.75) is 13.8 Å². The van der Waals surface area contributed by atoms with Crippen LogP contribution in [0.2, 0.25) is 0 Å². The van der Waals surface area contributed by atoms with Crippen molar-refractivity contribution >= 4 is 23.4 Å². The van der Waals surface area contributed by atoms with Crippen molar-refractivity contribution in [3.8, 4) is 0 Å². The van der Waals surface area contributed by atoms with Crippen LogP contribution in [-0.2, 0) is 4.79 Å². The van der Waals surface area contributed by atoms with Gasteiger partial charge in [0.25, 0.3) is 5.91 Å². The maximum absolute atomic E-state index is 11.5. The molecule has 1 atom stereocenters. The van der Waals surface area contributed by atoms with E-state index in [2.05, 4.69) is 9.69 Å². The van der Waals surface area contributed by atoms with Crippen LogP contribution in [0, 0.1) is 12.8 Å². The Morgan fingerprint density at radius 1 is 1.67 bits per heavy atom. The van der Waals surface area contributed by atoms with E-state index in [4.69, 9.17) is 5.11 Å². The summed E-state index contributed by atoms with van der Waals surface area (Å²) in [5.41, 5.74) is 1.18. The van der Waals surface area contributed by atoms with E-state index in [1.54, 1.807) is 19.2 Å². The van der Waals surface area contributed by atoms with E-state index in [1.807, 2.05) is 0 Å². The minimum absolute atomic E-state index is 0.128. The molecule has 0 saturated carbocycles. The SMILES string of the molecule is Cc1nscc1C(=O)NCC(C)C(=O)O. The van der Waals surface area contributed by atoms with Gasteiger partial charge in [0.05, 0.1) is 17.2 Å². The number of nitrogens with zero attached hydrogens (tertiary/aromatic N) is 1. The number of hydrogen-bond donors (Lipinski definition) is 2. The first kappa shape index (κ1) is 11.6. The number of aryl methyl sites for hydroxylation is 1. The average Bonchev–Trinajstić information content (AvgIpc) is 2.60. The van der Waals surface area contributed by atoms with Gasteiger partial charge in [-0.3, -0.25) is 9.59 Å². The van der Waals surface area contributed by atoms with Crippen molar-refractivity contribution in [3.05, 3.63) is 16.6 Å². The van der Waals surface area contributed by atoms with Crippen LogP contribution in [0.15, 0.2) is 5.38 Å². The molecule has 0 aliphatic carbocycles. The van der Waals surface area contributed by atoms with Gasteiger partial charge in [0, 0.05) is 11.9 Å². The molecular formula is C9H12N2O3S. The molecule has 1 heterocycles. The number of rotatable bonds is 4. The number of aliphatic carboxylic acids is 1. The lowest BCUT2D eigenvalue weighted by atomic mass is 10.2. The normalized spacial score (nSPS) is 12.1. The average molecular weight is 228 g/mol. The van der Waals surface area contributed by atoms with Gasteiger partial charge in [-0.05, 0) is 18.5 Å². The number of carbonyl (C=O) groups excluding carboxylic acids is 1. The van der Waals surface area contributed by atoms with Gasteiger partial charge in [-0.2, -0.15) is 4.37 Å². The van der Waals surface area contributed by atoms with Crippen molar-refractivity contribution in [3.63, 3.8) is 0 Å². The summed E-state index contributed by atoms with van der Waals surface area (Å²) in [6.45, 7) is 3.41. The quantitative estimate of drug-likeness (QED) is 0.802. The number of aromatic nitrogens is 1. The summed E-state index contributed by atoms with van der Waals surface area (Å²) in [6.07, 6.45) is 0. The van der Waals surface area contributed by atoms with Gasteiger partial charge in [0.1, 0.15) is 0 Å². The smallest absolute Gasteiger partial charge is 0.308 e. The van der Waals surface area contributed by atoms with Gasteiger partial charge < -0.3 is 10.4 Å². The van der Waals surface area contributed by atoms with Crippen LogP contribution in [0.3, 0.4) is 0 Å². The first-order valence-corrected chi connectivity index (χ1v) is 5.28. The van der Waals surface area contributed by atoms with Gasteiger partial charge in [-0.1, -0.05) is 6.92 Å². The van der Waals surface area contributed by atoms with Crippen LogP contribution in [-0.4, -0.2) is 27.9 Å². The Bertz CT molecular complexity index is 375. The zero-order valence-electron chi connectivity index (χ0n) is 8.48. The molecule has 0 aliphatic heterocycles. The maximum atomic E-state index is 11.5. The van der Waals surface area contributed by atoms with E-state index in [0.717, 1.165) is 0 Å². The Hall–Kier alpha value is -1.43. The Balaban J connectivity index is 2.51. The zero-order chi connectivity index (χ0) is 11.4. The molecule has 1 aromatic heterocycles. The molecule has 1 rings (SSSR count). The van der Waals surface area contributed by atoms with Gasteiger partial charge in [0.2, 0.25) is 0 Å². The summed E-state index contributed by atoms with van der Waals surface area (Å²) < 4.78 is 3.96. The molecule has 1 unspecified atom stereocenters. The minimum atomic E-state index is -0.921. The van der Waals surface area contributed by atoms with Gasteiger partial charge in [-0.25, -0.2) is 0 Å². The van der Waals surface area contributed by atoms with Crippen LogP contribution < -0.4 is 5.32 Å². The molecule has 2 N–H and O–H groups in total. The Morgan fingerprint density at radius 3 is 2.80 bits per heavy atom. The van der Waals surface area contributed by atoms with E-state index in [-0.39, 0.29) is 12.5 Å². The molecule has 15 heavy (non-hydrogen) atoms. The molecule has 5 nitrogen and oxygen atoms in total. The lowest BCUT2D eigenvalue weighted by Crippen LogP contribution is -2.31. The number of hydrogen-bond acceptors (Lipinski definition) is 4. The highest BCUT2D eigenvalue weighted by Crippen LogP contribution is 2.08. The van der Waals surface area contributed by atoms with E-state index in [9.17, 15) is 9.59 Å². The molecule has 0 bridgehead atoms. The third kappa shape index (κ3) is 3.02. The standard InChI is InChI=1S/C9H12N2O3S/c1-5(9(13)14)3-10-8(12)7-4-15-11-6(7)2/h4-5H,3H2,1-2H3,(H,10,12)(H,13,14). The number of amides is 1. The summed E-state index contributed by atoms with van der Waals surface area (Å²) in [7, 11) is 0. The van der Waals surface area contributed by atoms with Crippen molar-refractivity contribution in [2.75, 3.05) is 6.54 Å². The molecule has 1 aromatic rings. The second kappa shape index (κ2) is 4.88. The molecule has 82 valence electrons. The van der Waals surface area contributed by atoms with Crippen molar-refractivity contribution in [1.82, 2.24) is 9.69 Å². The van der Waals surface area contributed by atoms with Crippen molar-refractivity contribution in [1.29, 1.82) is 0 Å². The fraction of sp³-hybridized carbons (Fsp3) is 0.444. The monoisotopic (exact) mass is 228 g/mol. The molecular weight excluding hydrogens is 216 g/mol. The van der Waals surface area contributed by atoms with E-state index < -0.39 is 11.9 Å². The number of carboxylic acids is 1. The minimum Gasteiger partial charge on any atom is -0.481 e. The molecule has 0 aromatic carbocycles. The predicted octanol–water partition coefficient (Wildman–Crippen LogP) is 0.902. The van der Waals surface area contributed by atoms with Crippen LogP contribution >= 0.6 is 11.5 Å². The first-order valence-electron chi connectivity index (χ1n) is 4.44. The Labute approximate surface area is 91.3 Å². The Morgan fingerprint density at radius 2 is 2.33 bits per heavy atom. The maximum Gasteiger partial charge on any atom is 0.308 e. The van der Waals surface area contributed by atoms with Crippen molar-refractivity contribution < 1.29 is 14.7 Å². The summed E-state index contributed by atoms with van der Waals surface area (Å²) in [5.74, 6) is -1.77. The molecule has 0 saturated heterocycles. The third-order valence-corrected chi connectivity index (χ3v) is 2.71. The lowest BCUT2D eigenvalue weighted by molar-refractivity contribution is -0.140. The number of carbonyl (C=O) groups is 2. The fourth-order valence-corrected chi connectivity index (χ4v) is 1.63. The van der Waals surface area contributed by atoms with Gasteiger partial charge in [0.15, 0.2) is 0 Å². The molecule has 0 spiro atoms. The fourth-order valence-electron chi connectivity index (χ4n) is 0.939. The van der Waals surface area contributed by atoms with Crippen molar-refractivity contribution in [2.24, 2.45) is 5.92 Å². The van der Waals surface area contributed by atoms with E-state index in [1.165, 1.54) is 11.5 Å². The molecule has 6 heteroatoms. The molecule has 0 aliphatic rings. The zero-order valence-corrected chi connectivity index (χ0v) is 9.30. The van der Waals surface area contributed by atoms with E-state index in [0.29, 0.717) is 11.3 Å². The van der Waals surface area contributed by atoms with Gasteiger partial charge >= 0.3 is 5.97 Å². The largest absolute Gasteiger partial charge is 0.481 e. The van der Waals surface area contributed by atoms with Crippen LogP contribution in [0.4, 0.5) is 0 Å². The third-order valence-electron chi connectivity index (χ3n) is 1.98. The molecule has 0 fully saturated rings. The summed E-state index contributed by atoms with van der Waals surface area (Å²) in [6, 6.07) is 0. The highest BCUT2D eigenvalue weighted by molar-refractivity contribution is 7.03. The van der Waals surface area contributed by atoms with Crippen LogP contribution in [0.25, 0.3) is 0 Å². The highest BCUT2D eigenvalue weighted by atomic mass is 32.1. The summed E-state index contributed by atoms with van der Waals surface area (Å²) in [4.78, 5) is 22.0. The van der Waals surface area contributed by atoms with Gasteiger partial charge in [-0.15, -0.1) is 0 Å². The highest BCUT2D eigenvalue weighted by Gasteiger charge is 2.15. The Kier molecular flexibility index (Phi) is 3.79. The number of nitrogens with one attached hydrogen (secondary N) is 1. The molecule has 1 amide bonds. The second-order valence-electron chi connectivity index (χ2n) is 3.26. The summed E-state index contributed by atoms with van der Waals surface area (Å²) in [5, 5.41) is 12.8.